The number of amides is 2. The van der Waals surface area contributed by atoms with E-state index in [2.05, 4.69) is 15.7 Å². The van der Waals surface area contributed by atoms with Gasteiger partial charge in [-0.05, 0) is 31.2 Å². The number of anilines is 2. The van der Waals surface area contributed by atoms with Crippen LogP contribution in [-0.4, -0.2) is 34.8 Å². The van der Waals surface area contributed by atoms with Gasteiger partial charge in [0.1, 0.15) is 25.1 Å². The molecule has 1 aromatic heterocycles. The van der Waals surface area contributed by atoms with Crippen molar-refractivity contribution in [2.24, 2.45) is 0 Å². The number of rotatable bonds is 4. The Kier molecular flexibility index (Phi) is 4.78. The van der Waals surface area contributed by atoms with Gasteiger partial charge in [0.05, 0.1) is 12.1 Å². The average Bonchev–Trinajstić information content (AvgIpc) is 3.24. The molecule has 5 rings (SSSR count). The zero-order chi connectivity index (χ0) is 21.5. The molecular formula is C22H19ClN4O4. The fourth-order valence-corrected chi connectivity index (χ4v) is 3.90. The monoisotopic (exact) mass is 438 g/mol. The molecule has 0 spiro atoms. The maximum absolute atomic E-state index is 12.7. The van der Waals surface area contributed by atoms with E-state index in [4.69, 9.17) is 21.1 Å². The van der Waals surface area contributed by atoms with E-state index < -0.39 is 6.04 Å². The normalized spacial score (nSPS) is 16.6. The van der Waals surface area contributed by atoms with Gasteiger partial charge in [0.15, 0.2) is 11.5 Å². The van der Waals surface area contributed by atoms with Crippen LogP contribution in [-0.2, 0) is 9.59 Å². The molecule has 2 amide bonds. The summed E-state index contributed by atoms with van der Waals surface area (Å²) in [6.07, 6.45) is -0.0472. The average molecular weight is 439 g/mol. The highest BCUT2D eigenvalue weighted by Gasteiger charge is 2.35. The van der Waals surface area contributed by atoms with Crippen molar-refractivity contribution in [2.45, 2.75) is 19.4 Å². The summed E-state index contributed by atoms with van der Waals surface area (Å²) >= 11 is 5.98. The van der Waals surface area contributed by atoms with Crippen LogP contribution in [0.25, 0.3) is 11.3 Å². The van der Waals surface area contributed by atoms with Crippen LogP contribution >= 0.6 is 11.6 Å². The first-order valence-corrected chi connectivity index (χ1v) is 10.2. The van der Waals surface area contributed by atoms with Crippen molar-refractivity contribution in [3.05, 3.63) is 53.1 Å². The van der Waals surface area contributed by atoms with Gasteiger partial charge in [-0.1, -0.05) is 23.7 Å². The van der Waals surface area contributed by atoms with E-state index in [1.807, 2.05) is 19.1 Å². The van der Waals surface area contributed by atoms with Crippen LogP contribution in [0.1, 0.15) is 18.0 Å². The van der Waals surface area contributed by atoms with Crippen LogP contribution in [0.5, 0.6) is 11.5 Å². The van der Waals surface area contributed by atoms with Gasteiger partial charge in [0.2, 0.25) is 5.91 Å². The van der Waals surface area contributed by atoms with E-state index >= 15 is 0 Å². The zero-order valence-corrected chi connectivity index (χ0v) is 17.4. The quantitative estimate of drug-likeness (QED) is 0.646. The summed E-state index contributed by atoms with van der Waals surface area (Å²) in [4.78, 5) is 25.2. The highest BCUT2D eigenvalue weighted by atomic mass is 35.5. The molecule has 0 saturated heterocycles. The van der Waals surface area contributed by atoms with Crippen molar-refractivity contribution in [3.8, 4) is 22.8 Å². The predicted molar refractivity (Wildman–Crippen MR) is 116 cm³/mol. The molecule has 31 heavy (non-hydrogen) atoms. The molecular weight excluding hydrogens is 420 g/mol. The third kappa shape index (κ3) is 3.59. The zero-order valence-electron chi connectivity index (χ0n) is 16.6. The van der Waals surface area contributed by atoms with E-state index in [0.29, 0.717) is 41.2 Å². The minimum atomic E-state index is -0.730. The van der Waals surface area contributed by atoms with Crippen molar-refractivity contribution in [2.75, 3.05) is 23.8 Å². The molecule has 2 aromatic carbocycles. The fraction of sp³-hybridized carbons (Fsp3) is 0.227. The highest BCUT2D eigenvalue weighted by Crippen LogP contribution is 2.36. The van der Waals surface area contributed by atoms with Gasteiger partial charge in [0.25, 0.3) is 5.91 Å². The number of benzene rings is 2. The Morgan fingerprint density at radius 3 is 2.71 bits per heavy atom. The van der Waals surface area contributed by atoms with E-state index in [1.54, 1.807) is 35.0 Å². The fourth-order valence-electron chi connectivity index (χ4n) is 3.77. The minimum Gasteiger partial charge on any atom is -0.486 e. The third-order valence-corrected chi connectivity index (χ3v) is 5.56. The Bertz CT molecular complexity index is 1190. The highest BCUT2D eigenvalue weighted by molar-refractivity contribution is 6.30. The minimum absolute atomic E-state index is 0.0472. The molecule has 0 fully saturated rings. The standard InChI is InChI=1S/C22H19ClN4O4/c1-12-20(13-2-4-14(23)5-3-13)26-27-16(22(29)25-21(12)27)11-19(28)24-15-6-7-17-18(10-15)31-9-8-30-17/h2-7,10,16H,8-9,11H2,1H3,(H,24,28)(H,25,29)/t16-/m0/s1. The van der Waals surface area contributed by atoms with Crippen LogP contribution in [0, 0.1) is 6.92 Å². The van der Waals surface area contributed by atoms with E-state index in [1.165, 1.54) is 0 Å². The van der Waals surface area contributed by atoms with Crippen LogP contribution in [0.2, 0.25) is 5.02 Å². The lowest BCUT2D eigenvalue weighted by molar-refractivity contribution is -0.123. The van der Waals surface area contributed by atoms with Gasteiger partial charge >= 0.3 is 0 Å². The number of carbonyl (C=O) groups excluding carboxylic acids is 2. The number of hydrogen-bond donors (Lipinski definition) is 2. The van der Waals surface area contributed by atoms with Gasteiger partial charge in [0, 0.05) is 27.9 Å². The first-order valence-electron chi connectivity index (χ1n) is 9.85. The smallest absolute Gasteiger partial charge is 0.251 e. The summed E-state index contributed by atoms with van der Waals surface area (Å²) in [6, 6.07) is 11.8. The number of halogens is 1. The summed E-state index contributed by atoms with van der Waals surface area (Å²) in [5.74, 6) is 1.27. The molecule has 0 aliphatic carbocycles. The predicted octanol–water partition coefficient (Wildman–Crippen LogP) is 3.81. The summed E-state index contributed by atoms with van der Waals surface area (Å²) < 4.78 is 12.6. The van der Waals surface area contributed by atoms with Crippen LogP contribution in [0.3, 0.4) is 0 Å². The summed E-state index contributed by atoms with van der Waals surface area (Å²) in [6.45, 7) is 2.85. The number of aromatic nitrogens is 2. The van der Waals surface area contributed by atoms with Gasteiger partial charge in [-0.3, -0.25) is 9.59 Å². The summed E-state index contributed by atoms with van der Waals surface area (Å²) in [5.41, 5.74) is 3.04. The SMILES string of the molecule is Cc1c(-c2ccc(Cl)cc2)nn2c1NC(=O)[C@@H]2CC(=O)Nc1ccc2c(c1)OCCO2. The second-order valence-corrected chi connectivity index (χ2v) is 7.83. The molecule has 2 aliphatic rings. The Hall–Kier alpha value is -3.52. The van der Waals surface area contributed by atoms with Gasteiger partial charge in [-0.15, -0.1) is 0 Å². The van der Waals surface area contributed by atoms with Crippen molar-refractivity contribution in [1.82, 2.24) is 9.78 Å². The summed E-state index contributed by atoms with van der Waals surface area (Å²) in [5, 5.41) is 10.9. The van der Waals surface area contributed by atoms with Gasteiger partial charge in [-0.2, -0.15) is 5.10 Å². The molecule has 3 aromatic rings. The first-order chi connectivity index (χ1) is 15.0. The second-order valence-electron chi connectivity index (χ2n) is 7.39. The van der Waals surface area contributed by atoms with Crippen LogP contribution in [0.4, 0.5) is 11.5 Å². The van der Waals surface area contributed by atoms with Crippen LogP contribution in [0.15, 0.2) is 42.5 Å². The lowest BCUT2D eigenvalue weighted by atomic mass is 10.1. The number of ether oxygens (including phenoxy) is 2. The summed E-state index contributed by atoms with van der Waals surface area (Å²) in [7, 11) is 0. The molecule has 158 valence electrons. The molecule has 0 bridgehead atoms. The molecule has 3 heterocycles. The lowest BCUT2D eigenvalue weighted by Gasteiger charge is -2.19. The molecule has 9 heteroatoms. The molecule has 0 saturated carbocycles. The van der Waals surface area contributed by atoms with Gasteiger partial charge in [-0.25, -0.2) is 4.68 Å². The number of nitrogens with zero attached hydrogens (tertiary/aromatic N) is 2. The molecule has 0 radical (unpaired) electrons. The van der Waals surface area contributed by atoms with Crippen molar-refractivity contribution in [3.63, 3.8) is 0 Å². The largest absolute Gasteiger partial charge is 0.486 e. The maximum atomic E-state index is 12.7. The Labute approximate surface area is 183 Å². The van der Waals surface area contributed by atoms with E-state index in [9.17, 15) is 9.59 Å². The molecule has 2 N–H and O–H groups in total. The first kappa shape index (κ1) is 19.4. The number of carbonyl (C=O) groups is 2. The van der Waals surface area contributed by atoms with Crippen molar-refractivity contribution >= 4 is 34.9 Å². The number of hydrogen-bond acceptors (Lipinski definition) is 5. The van der Waals surface area contributed by atoms with E-state index in [-0.39, 0.29) is 18.2 Å². The Morgan fingerprint density at radius 1 is 1.19 bits per heavy atom. The van der Waals surface area contributed by atoms with Crippen molar-refractivity contribution in [1.29, 1.82) is 0 Å². The molecule has 0 unspecified atom stereocenters. The second kappa shape index (κ2) is 7.63. The topological polar surface area (TPSA) is 94.5 Å². The van der Waals surface area contributed by atoms with Gasteiger partial charge < -0.3 is 20.1 Å². The lowest BCUT2D eigenvalue weighted by Crippen LogP contribution is -2.24. The van der Waals surface area contributed by atoms with E-state index in [0.717, 1.165) is 16.8 Å². The molecule has 2 aliphatic heterocycles. The van der Waals surface area contributed by atoms with Crippen molar-refractivity contribution < 1.29 is 19.1 Å². The molecule has 8 nitrogen and oxygen atoms in total. The number of nitrogens with one attached hydrogen (secondary N) is 2. The maximum Gasteiger partial charge on any atom is 0.251 e. The molecule has 1 atom stereocenters. The number of fused-ring (bicyclic) bond motifs is 2. The van der Waals surface area contributed by atoms with Crippen LogP contribution < -0.4 is 20.1 Å². The third-order valence-electron chi connectivity index (χ3n) is 5.31. The Balaban J connectivity index is 1.35. The Morgan fingerprint density at radius 2 is 1.94 bits per heavy atom.